The fourth-order valence-corrected chi connectivity index (χ4v) is 4.13. The van der Waals surface area contributed by atoms with Crippen molar-refractivity contribution in [2.45, 2.75) is 30.3 Å². The Kier molecular flexibility index (Phi) is 4.86. The number of hydrogen-bond donors (Lipinski definition) is 0. The third kappa shape index (κ3) is 3.83. The van der Waals surface area contributed by atoms with Crippen molar-refractivity contribution in [1.29, 1.82) is 0 Å². The fourth-order valence-electron chi connectivity index (χ4n) is 3.19. The molecule has 1 aliphatic carbocycles. The Morgan fingerprint density at radius 1 is 1.19 bits per heavy atom. The summed E-state index contributed by atoms with van der Waals surface area (Å²) in [5, 5.41) is 0. The number of thioether (sulfide) groups is 1. The summed E-state index contributed by atoms with van der Waals surface area (Å²) < 4.78 is 27.2. The van der Waals surface area contributed by atoms with Gasteiger partial charge in [-0.15, -0.1) is 11.8 Å². The molecule has 2 amide bonds. The van der Waals surface area contributed by atoms with Gasteiger partial charge in [0.1, 0.15) is 18.2 Å². The molecule has 0 unspecified atom stereocenters. The monoisotopic (exact) mass is 388 g/mol. The van der Waals surface area contributed by atoms with E-state index in [-0.39, 0.29) is 36.5 Å². The Morgan fingerprint density at radius 2 is 1.96 bits per heavy atom. The number of nitrogens with zero attached hydrogens (tertiary/aromatic N) is 2. The van der Waals surface area contributed by atoms with Gasteiger partial charge >= 0.3 is 0 Å². The molecule has 2 aromatic carbocycles. The lowest BCUT2D eigenvalue weighted by molar-refractivity contribution is -0.132. The summed E-state index contributed by atoms with van der Waals surface area (Å²) in [5.41, 5.74) is 1.01. The first-order valence-electron chi connectivity index (χ1n) is 8.78. The van der Waals surface area contributed by atoms with Crippen molar-refractivity contribution < 1.29 is 18.4 Å². The number of carbonyl (C=O) groups is 2. The van der Waals surface area contributed by atoms with Crippen LogP contribution in [0.1, 0.15) is 18.4 Å². The fraction of sp³-hybridized carbons (Fsp3) is 0.300. The molecule has 0 aromatic heterocycles. The maximum absolute atomic E-state index is 14.0. The number of benzene rings is 2. The largest absolute Gasteiger partial charge is 0.334 e. The van der Waals surface area contributed by atoms with Crippen molar-refractivity contribution in [2.75, 3.05) is 17.2 Å². The zero-order chi connectivity index (χ0) is 19.0. The molecule has 7 heteroatoms. The highest BCUT2D eigenvalue weighted by molar-refractivity contribution is 8.00. The average molecular weight is 388 g/mol. The van der Waals surface area contributed by atoms with E-state index in [9.17, 15) is 18.4 Å². The van der Waals surface area contributed by atoms with Gasteiger partial charge in [-0.3, -0.25) is 9.59 Å². The van der Waals surface area contributed by atoms with Gasteiger partial charge in [-0.1, -0.05) is 18.2 Å². The lowest BCUT2D eigenvalue weighted by Crippen LogP contribution is -2.45. The quantitative estimate of drug-likeness (QED) is 0.786. The van der Waals surface area contributed by atoms with Gasteiger partial charge in [0.15, 0.2) is 0 Å². The smallest absolute Gasteiger partial charge is 0.243 e. The topological polar surface area (TPSA) is 40.6 Å². The zero-order valence-corrected chi connectivity index (χ0v) is 15.3. The molecular formula is C20H18F2N2O2S. The Labute approximate surface area is 160 Å². The zero-order valence-electron chi connectivity index (χ0n) is 14.5. The summed E-state index contributed by atoms with van der Waals surface area (Å²) in [6.45, 7) is 0.00373. The Morgan fingerprint density at radius 3 is 2.70 bits per heavy atom. The van der Waals surface area contributed by atoms with E-state index in [0.29, 0.717) is 5.75 Å². The Hall–Kier alpha value is -2.41. The molecule has 0 bridgehead atoms. The number of rotatable bonds is 5. The van der Waals surface area contributed by atoms with Crippen LogP contribution in [0.4, 0.5) is 14.5 Å². The van der Waals surface area contributed by atoms with E-state index >= 15 is 0 Å². The van der Waals surface area contributed by atoms with Gasteiger partial charge in [0.2, 0.25) is 11.8 Å². The molecule has 2 aliphatic rings. The van der Waals surface area contributed by atoms with Crippen LogP contribution < -0.4 is 4.90 Å². The minimum atomic E-state index is -0.663. The molecule has 1 fully saturated rings. The molecule has 0 N–H and O–H groups in total. The van der Waals surface area contributed by atoms with E-state index in [1.165, 1.54) is 28.8 Å². The van der Waals surface area contributed by atoms with Crippen LogP contribution in [0.5, 0.6) is 0 Å². The molecule has 0 radical (unpaired) electrons. The first-order chi connectivity index (χ1) is 13.0. The normalized spacial score (nSPS) is 16.2. The van der Waals surface area contributed by atoms with Crippen LogP contribution in [0, 0.1) is 11.6 Å². The molecule has 1 heterocycles. The predicted molar refractivity (Wildman–Crippen MR) is 99.4 cm³/mol. The lowest BCUT2D eigenvalue weighted by Gasteiger charge is -2.31. The standard InChI is InChI=1S/C20H18F2N2O2S/c21-14-6-5-13(16(22)9-14)10-23(15-7-8-15)19(25)11-24-17-3-1-2-4-18(17)27-12-20(24)26/h1-6,9,15H,7-8,10-12H2. The van der Waals surface area contributed by atoms with Crippen LogP contribution in [0.25, 0.3) is 0 Å². The van der Waals surface area contributed by atoms with Gasteiger partial charge in [-0.05, 0) is 31.0 Å². The third-order valence-corrected chi connectivity index (χ3v) is 5.81. The van der Waals surface area contributed by atoms with Gasteiger partial charge in [0.05, 0.1) is 11.4 Å². The van der Waals surface area contributed by atoms with Crippen molar-refractivity contribution in [3.63, 3.8) is 0 Å². The number of hydrogen-bond acceptors (Lipinski definition) is 3. The number of amides is 2. The van der Waals surface area contributed by atoms with Crippen molar-refractivity contribution in [3.05, 3.63) is 59.7 Å². The summed E-state index contributed by atoms with van der Waals surface area (Å²) in [6.07, 6.45) is 1.71. The molecule has 1 saturated carbocycles. The van der Waals surface area contributed by atoms with Crippen molar-refractivity contribution in [1.82, 2.24) is 4.90 Å². The summed E-state index contributed by atoms with van der Waals surface area (Å²) in [6, 6.07) is 10.9. The van der Waals surface area contributed by atoms with Crippen LogP contribution in [-0.4, -0.2) is 35.1 Å². The van der Waals surface area contributed by atoms with Crippen LogP contribution in [0.2, 0.25) is 0 Å². The van der Waals surface area contributed by atoms with Crippen molar-refractivity contribution in [2.24, 2.45) is 0 Å². The molecule has 1 aliphatic heterocycles. The van der Waals surface area contributed by atoms with Crippen LogP contribution >= 0.6 is 11.8 Å². The maximum atomic E-state index is 14.0. The lowest BCUT2D eigenvalue weighted by atomic mass is 10.2. The third-order valence-electron chi connectivity index (χ3n) is 4.77. The van der Waals surface area contributed by atoms with E-state index in [1.54, 1.807) is 4.90 Å². The molecule has 0 atom stereocenters. The number of anilines is 1. The molecule has 140 valence electrons. The SMILES string of the molecule is O=C1CSc2ccccc2N1CC(=O)N(Cc1ccc(F)cc1F)C1CC1. The van der Waals surface area contributed by atoms with E-state index in [1.807, 2.05) is 24.3 Å². The van der Waals surface area contributed by atoms with E-state index < -0.39 is 11.6 Å². The van der Waals surface area contributed by atoms with Gasteiger partial charge in [0.25, 0.3) is 0 Å². The predicted octanol–water partition coefficient (Wildman–Crippen LogP) is 3.59. The minimum absolute atomic E-state index is 0.0477. The molecule has 27 heavy (non-hydrogen) atoms. The van der Waals surface area contributed by atoms with Gasteiger partial charge in [0, 0.05) is 29.1 Å². The first-order valence-corrected chi connectivity index (χ1v) is 9.77. The highest BCUT2D eigenvalue weighted by Crippen LogP contribution is 2.35. The highest BCUT2D eigenvalue weighted by atomic mass is 32.2. The second-order valence-electron chi connectivity index (χ2n) is 6.72. The second kappa shape index (κ2) is 7.31. The van der Waals surface area contributed by atoms with Crippen molar-refractivity contribution in [3.8, 4) is 0 Å². The van der Waals surface area contributed by atoms with Crippen molar-refractivity contribution >= 4 is 29.3 Å². The summed E-state index contributed by atoms with van der Waals surface area (Å²) in [7, 11) is 0. The maximum Gasteiger partial charge on any atom is 0.243 e. The number of para-hydroxylation sites is 1. The van der Waals surface area contributed by atoms with Gasteiger partial charge in [-0.25, -0.2) is 8.78 Å². The number of carbonyl (C=O) groups excluding carboxylic acids is 2. The summed E-state index contributed by atoms with van der Waals surface area (Å²) >= 11 is 1.46. The van der Waals surface area contributed by atoms with E-state index in [0.717, 1.165) is 29.5 Å². The Bertz CT molecular complexity index is 901. The summed E-state index contributed by atoms with van der Waals surface area (Å²) in [4.78, 5) is 29.4. The average Bonchev–Trinajstić information content (AvgIpc) is 3.48. The van der Waals surface area contributed by atoms with E-state index in [2.05, 4.69) is 0 Å². The minimum Gasteiger partial charge on any atom is -0.334 e. The summed E-state index contributed by atoms with van der Waals surface area (Å²) in [5.74, 6) is -1.36. The molecule has 0 saturated heterocycles. The molecular weight excluding hydrogens is 370 g/mol. The number of fused-ring (bicyclic) bond motifs is 1. The number of halogens is 2. The highest BCUT2D eigenvalue weighted by Gasteiger charge is 2.35. The van der Waals surface area contributed by atoms with Crippen LogP contribution in [-0.2, 0) is 16.1 Å². The van der Waals surface area contributed by atoms with Gasteiger partial charge in [-0.2, -0.15) is 0 Å². The first kappa shape index (κ1) is 18.0. The molecule has 2 aromatic rings. The van der Waals surface area contributed by atoms with Crippen LogP contribution in [0.15, 0.2) is 47.4 Å². The second-order valence-corrected chi connectivity index (χ2v) is 7.74. The van der Waals surface area contributed by atoms with Crippen LogP contribution in [0.3, 0.4) is 0 Å². The van der Waals surface area contributed by atoms with Gasteiger partial charge < -0.3 is 9.80 Å². The molecule has 4 nitrogen and oxygen atoms in total. The molecule has 4 rings (SSSR count). The molecule has 0 spiro atoms. The van der Waals surface area contributed by atoms with E-state index in [4.69, 9.17) is 0 Å². The Balaban J connectivity index is 1.54.